The average Bonchev–Trinajstić information content (AvgIpc) is 2.38. The van der Waals surface area contributed by atoms with Crippen LogP contribution in [0.1, 0.15) is 12.5 Å². The first-order chi connectivity index (χ1) is 8.31. The van der Waals surface area contributed by atoms with Gasteiger partial charge in [0.2, 0.25) is 0 Å². The summed E-state index contributed by atoms with van der Waals surface area (Å²) in [6.45, 7) is 7.67. The van der Waals surface area contributed by atoms with Gasteiger partial charge in [0.25, 0.3) is 0 Å². The van der Waals surface area contributed by atoms with Gasteiger partial charge in [0.15, 0.2) is 0 Å². The van der Waals surface area contributed by atoms with Crippen molar-refractivity contribution in [1.29, 1.82) is 0 Å². The summed E-state index contributed by atoms with van der Waals surface area (Å²) in [6.07, 6.45) is 0. The highest BCUT2D eigenvalue weighted by Crippen LogP contribution is 2.24. The van der Waals surface area contributed by atoms with Gasteiger partial charge >= 0.3 is 0 Å². The largest absolute Gasteiger partial charge is 0.378 e. The van der Waals surface area contributed by atoms with Crippen LogP contribution >= 0.6 is 15.9 Å². The number of hydrogen-bond donors (Lipinski definition) is 1. The van der Waals surface area contributed by atoms with Crippen LogP contribution in [-0.2, 0) is 11.3 Å². The third-order valence-electron chi connectivity index (χ3n) is 2.98. The third-order valence-corrected chi connectivity index (χ3v) is 3.72. The van der Waals surface area contributed by atoms with Crippen molar-refractivity contribution in [3.8, 4) is 0 Å². The maximum Gasteiger partial charge on any atom is 0.0642 e. The monoisotopic (exact) mass is 298 g/mol. The molecule has 0 bridgehead atoms. The summed E-state index contributed by atoms with van der Waals surface area (Å²) in [4.78, 5) is 2.37. The molecule has 0 unspecified atom stereocenters. The fourth-order valence-corrected chi connectivity index (χ4v) is 2.46. The van der Waals surface area contributed by atoms with Crippen LogP contribution in [0.3, 0.4) is 0 Å². The van der Waals surface area contributed by atoms with Gasteiger partial charge in [0.05, 0.1) is 13.2 Å². The molecule has 0 aromatic heterocycles. The smallest absolute Gasteiger partial charge is 0.0642 e. The first-order valence-corrected chi connectivity index (χ1v) is 6.92. The highest BCUT2D eigenvalue weighted by Gasteiger charge is 2.12. The molecule has 1 aromatic carbocycles. The molecule has 4 heteroatoms. The van der Waals surface area contributed by atoms with Crippen LogP contribution in [0.5, 0.6) is 0 Å². The molecule has 1 aliphatic heterocycles. The predicted octanol–water partition coefficient (Wildman–Crippen LogP) is 2.40. The summed E-state index contributed by atoms with van der Waals surface area (Å²) >= 11 is 3.65. The molecule has 1 aromatic rings. The van der Waals surface area contributed by atoms with Gasteiger partial charge in [-0.15, -0.1) is 0 Å². The van der Waals surface area contributed by atoms with E-state index < -0.39 is 0 Å². The number of morpholine rings is 1. The molecular weight excluding hydrogens is 280 g/mol. The first kappa shape index (κ1) is 12.9. The van der Waals surface area contributed by atoms with E-state index in [4.69, 9.17) is 4.74 Å². The van der Waals surface area contributed by atoms with Crippen molar-refractivity contribution in [2.24, 2.45) is 0 Å². The van der Waals surface area contributed by atoms with Gasteiger partial charge in [-0.2, -0.15) is 0 Å². The third kappa shape index (κ3) is 3.44. The van der Waals surface area contributed by atoms with E-state index in [1.54, 1.807) is 0 Å². The summed E-state index contributed by atoms with van der Waals surface area (Å²) in [6, 6.07) is 6.60. The van der Waals surface area contributed by atoms with Crippen LogP contribution in [0.25, 0.3) is 0 Å². The van der Waals surface area contributed by atoms with Gasteiger partial charge in [-0.05, 0) is 24.2 Å². The van der Waals surface area contributed by atoms with E-state index in [2.05, 4.69) is 51.3 Å². The first-order valence-electron chi connectivity index (χ1n) is 6.13. The molecule has 1 saturated heterocycles. The van der Waals surface area contributed by atoms with Crippen LogP contribution in [0.15, 0.2) is 22.7 Å². The Kier molecular flexibility index (Phi) is 4.83. The van der Waals surface area contributed by atoms with E-state index in [9.17, 15) is 0 Å². The van der Waals surface area contributed by atoms with E-state index in [1.807, 2.05) is 0 Å². The second kappa shape index (κ2) is 6.38. The van der Waals surface area contributed by atoms with Crippen LogP contribution in [0.2, 0.25) is 0 Å². The Morgan fingerprint density at radius 1 is 1.35 bits per heavy atom. The van der Waals surface area contributed by atoms with Gasteiger partial charge in [-0.25, -0.2) is 0 Å². The molecule has 0 saturated carbocycles. The zero-order valence-electron chi connectivity index (χ0n) is 10.2. The second-order valence-electron chi connectivity index (χ2n) is 4.16. The van der Waals surface area contributed by atoms with Crippen molar-refractivity contribution in [3.05, 3.63) is 28.2 Å². The standard InChI is InChI=1S/C13H19BrN2O/c1-2-15-10-11-3-4-12(9-13(11)14)16-5-7-17-8-6-16/h3-4,9,15H,2,5-8,10H2,1H3. The molecule has 1 aliphatic rings. The summed E-state index contributed by atoms with van der Waals surface area (Å²) in [5.74, 6) is 0. The number of rotatable bonds is 4. The van der Waals surface area contributed by atoms with Gasteiger partial charge in [-0.3, -0.25) is 0 Å². The highest BCUT2D eigenvalue weighted by molar-refractivity contribution is 9.10. The summed E-state index contributed by atoms with van der Waals surface area (Å²) in [5.41, 5.74) is 2.59. The number of nitrogens with one attached hydrogen (secondary N) is 1. The molecule has 0 radical (unpaired) electrons. The molecule has 2 rings (SSSR count). The molecule has 1 N–H and O–H groups in total. The maximum atomic E-state index is 5.36. The predicted molar refractivity (Wildman–Crippen MR) is 74.6 cm³/mol. The zero-order chi connectivity index (χ0) is 12.1. The Balaban J connectivity index is 2.06. The fraction of sp³-hybridized carbons (Fsp3) is 0.538. The molecule has 17 heavy (non-hydrogen) atoms. The van der Waals surface area contributed by atoms with E-state index in [0.29, 0.717) is 0 Å². The van der Waals surface area contributed by atoms with Gasteiger partial charge in [0.1, 0.15) is 0 Å². The van der Waals surface area contributed by atoms with E-state index in [-0.39, 0.29) is 0 Å². The Morgan fingerprint density at radius 3 is 2.76 bits per heavy atom. The van der Waals surface area contributed by atoms with Crippen LogP contribution < -0.4 is 10.2 Å². The quantitative estimate of drug-likeness (QED) is 0.924. The van der Waals surface area contributed by atoms with E-state index in [1.165, 1.54) is 15.7 Å². The topological polar surface area (TPSA) is 24.5 Å². The number of nitrogens with zero attached hydrogens (tertiary/aromatic N) is 1. The fourth-order valence-electron chi connectivity index (χ4n) is 1.96. The van der Waals surface area contributed by atoms with Crippen molar-refractivity contribution in [2.45, 2.75) is 13.5 Å². The van der Waals surface area contributed by atoms with Crippen molar-refractivity contribution >= 4 is 21.6 Å². The number of anilines is 1. The maximum absolute atomic E-state index is 5.36. The number of benzene rings is 1. The van der Waals surface area contributed by atoms with Gasteiger partial charge in [0, 0.05) is 29.8 Å². The molecule has 0 atom stereocenters. The van der Waals surface area contributed by atoms with Gasteiger partial charge in [-0.1, -0.05) is 28.9 Å². The minimum atomic E-state index is 0.830. The Bertz CT molecular complexity index is 364. The Hall–Kier alpha value is -0.580. The summed E-state index contributed by atoms with van der Waals surface area (Å²) < 4.78 is 6.55. The minimum Gasteiger partial charge on any atom is -0.378 e. The molecule has 3 nitrogen and oxygen atoms in total. The normalized spacial score (nSPS) is 16.2. The lowest BCUT2D eigenvalue weighted by Gasteiger charge is -2.29. The molecule has 0 amide bonds. The van der Waals surface area contributed by atoms with Crippen molar-refractivity contribution < 1.29 is 4.74 Å². The van der Waals surface area contributed by atoms with Crippen molar-refractivity contribution in [3.63, 3.8) is 0 Å². The molecule has 1 heterocycles. The van der Waals surface area contributed by atoms with Gasteiger partial charge < -0.3 is 15.0 Å². The van der Waals surface area contributed by atoms with Crippen molar-refractivity contribution in [2.75, 3.05) is 37.7 Å². The Labute approximate surface area is 111 Å². The lowest BCUT2D eigenvalue weighted by molar-refractivity contribution is 0.122. The zero-order valence-corrected chi connectivity index (χ0v) is 11.8. The molecular formula is C13H19BrN2O. The molecule has 94 valence electrons. The molecule has 1 fully saturated rings. The van der Waals surface area contributed by atoms with Crippen LogP contribution in [-0.4, -0.2) is 32.8 Å². The van der Waals surface area contributed by atoms with Crippen LogP contribution in [0.4, 0.5) is 5.69 Å². The minimum absolute atomic E-state index is 0.830. The van der Waals surface area contributed by atoms with E-state index >= 15 is 0 Å². The summed E-state index contributed by atoms with van der Waals surface area (Å²) in [7, 11) is 0. The lowest BCUT2D eigenvalue weighted by Crippen LogP contribution is -2.36. The molecule has 0 spiro atoms. The molecule has 0 aliphatic carbocycles. The number of halogens is 1. The summed E-state index contributed by atoms with van der Waals surface area (Å²) in [5, 5.41) is 3.34. The SMILES string of the molecule is CCNCc1ccc(N2CCOCC2)cc1Br. The highest BCUT2D eigenvalue weighted by atomic mass is 79.9. The Morgan fingerprint density at radius 2 is 2.12 bits per heavy atom. The second-order valence-corrected chi connectivity index (χ2v) is 5.01. The van der Waals surface area contributed by atoms with E-state index in [0.717, 1.165) is 39.4 Å². The number of ether oxygens (including phenoxy) is 1. The van der Waals surface area contributed by atoms with Crippen molar-refractivity contribution in [1.82, 2.24) is 5.32 Å². The van der Waals surface area contributed by atoms with Crippen LogP contribution in [0, 0.1) is 0 Å². The number of hydrogen-bond acceptors (Lipinski definition) is 3. The lowest BCUT2D eigenvalue weighted by atomic mass is 10.2. The average molecular weight is 299 g/mol.